The third kappa shape index (κ3) is 16.1. The number of hydrogen-bond donors (Lipinski definition) is 3. The van der Waals surface area contributed by atoms with Gasteiger partial charge in [-0.15, -0.1) is 0 Å². The van der Waals surface area contributed by atoms with Gasteiger partial charge in [-0.25, -0.2) is 14.4 Å². The molecule has 3 N–H and O–H groups in total. The summed E-state index contributed by atoms with van der Waals surface area (Å²) in [5.41, 5.74) is 2.46. The smallest absolute Gasteiger partial charge is 0.475 e. The first-order valence-electron chi connectivity index (χ1n) is 12.4. The summed E-state index contributed by atoms with van der Waals surface area (Å²) in [6, 6.07) is 8.75. The second-order valence-corrected chi connectivity index (χ2v) is 8.64. The topological polar surface area (TPSA) is 149 Å². The molecule has 0 radical (unpaired) electrons. The Morgan fingerprint density at radius 1 is 0.841 bits per heavy atom. The summed E-state index contributed by atoms with van der Waals surface area (Å²) in [6.45, 7) is 10.8. The standard InChI is InChI=1S/C18H27N5.3C2HF3O2/c1-3-21(4-2)12-9-18-15-22(13-16-7-5-6-10-19-16)14-17-8-11-20-23(17)18;3*3-2(4,5)1(6)7/h5-8,10-11,18H,3-4,9,12-15H2,1-2H3;3*(H,6,7). The molecule has 2 aromatic heterocycles. The zero-order valence-corrected chi connectivity index (χ0v) is 23.2. The van der Waals surface area contributed by atoms with Gasteiger partial charge in [-0.3, -0.25) is 14.6 Å². The van der Waals surface area contributed by atoms with Crippen LogP contribution in [0.25, 0.3) is 0 Å². The van der Waals surface area contributed by atoms with E-state index in [1.54, 1.807) is 0 Å². The molecule has 0 saturated heterocycles. The van der Waals surface area contributed by atoms with E-state index >= 15 is 0 Å². The molecule has 1 unspecified atom stereocenters. The highest BCUT2D eigenvalue weighted by Gasteiger charge is 2.39. The zero-order chi connectivity index (χ0) is 34.3. The minimum atomic E-state index is -5.08. The average molecular weight is 656 g/mol. The lowest BCUT2D eigenvalue weighted by molar-refractivity contribution is -0.193. The number of halogens is 9. The van der Waals surface area contributed by atoms with Crippen molar-refractivity contribution >= 4 is 17.9 Å². The number of carboxylic acid groups (broad SMARTS) is 3. The van der Waals surface area contributed by atoms with Gasteiger partial charge in [0.05, 0.1) is 17.4 Å². The van der Waals surface area contributed by atoms with Crippen LogP contribution in [0.5, 0.6) is 0 Å². The van der Waals surface area contributed by atoms with Crippen molar-refractivity contribution in [3.63, 3.8) is 0 Å². The third-order valence-electron chi connectivity index (χ3n) is 5.46. The highest BCUT2D eigenvalue weighted by Crippen LogP contribution is 2.24. The Morgan fingerprint density at radius 3 is 1.70 bits per heavy atom. The highest BCUT2D eigenvalue weighted by molar-refractivity contribution is 5.73. The fourth-order valence-corrected chi connectivity index (χ4v) is 3.39. The van der Waals surface area contributed by atoms with E-state index < -0.39 is 36.4 Å². The SMILES string of the molecule is CCN(CC)CCC1CN(Cc2ccccn2)Cc2ccnn21.O=C(O)C(F)(F)F.O=C(O)C(F)(F)F.O=C(O)C(F)(F)F. The first-order chi connectivity index (χ1) is 20.1. The number of fused-ring (bicyclic) bond motifs is 1. The van der Waals surface area contributed by atoms with E-state index in [-0.39, 0.29) is 0 Å². The summed E-state index contributed by atoms with van der Waals surface area (Å²) in [5, 5.41) is 25.9. The fraction of sp³-hybridized carbons (Fsp3) is 0.542. The number of aromatic nitrogens is 3. The molecule has 0 fully saturated rings. The second kappa shape index (κ2) is 18.0. The Hall–Kier alpha value is -3.94. The monoisotopic (exact) mass is 655 g/mol. The molecule has 0 bridgehead atoms. The third-order valence-corrected chi connectivity index (χ3v) is 5.46. The van der Waals surface area contributed by atoms with Crippen LogP contribution in [0, 0.1) is 0 Å². The van der Waals surface area contributed by atoms with Crippen LogP contribution in [0.1, 0.15) is 37.7 Å². The maximum atomic E-state index is 10.6. The van der Waals surface area contributed by atoms with Gasteiger partial charge in [0, 0.05) is 38.6 Å². The number of alkyl halides is 9. The molecule has 44 heavy (non-hydrogen) atoms. The molecule has 0 amide bonds. The van der Waals surface area contributed by atoms with Crippen LogP contribution in [0.2, 0.25) is 0 Å². The van der Waals surface area contributed by atoms with Crippen molar-refractivity contribution in [1.82, 2.24) is 24.6 Å². The molecule has 3 rings (SSSR count). The highest BCUT2D eigenvalue weighted by atomic mass is 19.4. The van der Waals surface area contributed by atoms with Crippen LogP contribution in [-0.4, -0.2) is 102 Å². The van der Waals surface area contributed by atoms with Gasteiger partial charge in [-0.05, 0) is 37.7 Å². The largest absolute Gasteiger partial charge is 0.490 e. The summed E-state index contributed by atoms with van der Waals surface area (Å²) >= 11 is 0. The summed E-state index contributed by atoms with van der Waals surface area (Å²) in [6.07, 6.45) is -10.3. The Morgan fingerprint density at radius 2 is 1.32 bits per heavy atom. The molecule has 250 valence electrons. The van der Waals surface area contributed by atoms with Gasteiger partial charge < -0.3 is 20.2 Å². The molecule has 0 spiro atoms. The predicted molar refractivity (Wildman–Crippen MR) is 133 cm³/mol. The molecular weight excluding hydrogens is 625 g/mol. The second-order valence-electron chi connectivity index (χ2n) is 8.64. The van der Waals surface area contributed by atoms with E-state index in [2.05, 4.69) is 56.6 Å². The molecule has 0 aliphatic carbocycles. The van der Waals surface area contributed by atoms with E-state index in [0.29, 0.717) is 6.04 Å². The van der Waals surface area contributed by atoms with Gasteiger partial charge >= 0.3 is 36.4 Å². The van der Waals surface area contributed by atoms with E-state index in [1.165, 1.54) is 5.69 Å². The van der Waals surface area contributed by atoms with Crippen LogP contribution in [0.15, 0.2) is 36.7 Å². The molecule has 1 aliphatic heterocycles. The number of carboxylic acids is 3. The van der Waals surface area contributed by atoms with Crippen LogP contribution in [-0.2, 0) is 27.5 Å². The first-order valence-corrected chi connectivity index (χ1v) is 12.4. The quantitative estimate of drug-likeness (QED) is 0.365. The Bertz CT molecular complexity index is 1100. The van der Waals surface area contributed by atoms with Gasteiger partial charge in [0.1, 0.15) is 0 Å². The van der Waals surface area contributed by atoms with Crippen molar-refractivity contribution in [2.45, 2.75) is 57.9 Å². The number of rotatable bonds is 7. The molecule has 20 heteroatoms. The number of pyridine rings is 1. The first kappa shape index (κ1) is 40.1. The number of carbonyl (C=O) groups is 3. The molecule has 1 atom stereocenters. The zero-order valence-electron chi connectivity index (χ0n) is 23.2. The minimum Gasteiger partial charge on any atom is -0.475 e. The van der Waals surface area contributed by atoms with Crippen molar-refractivity contribution < 1.29 is 69.2 Å². The summed E-state index contributed by atoms with van der Waals surface area (Å²) in [4.78, 5) is 36.1. The lowest BCUT2D eigenvalue weighted by atomic mass is 10.1. The van der Waals surface area contributed by atoms with E-state index in [9.17, 15) is 39.5 Å². The van der Waals surface area contributed by atoms with Crippen LogP contribution < -0.4 is 0 Å². The van der Waals surface area contributed by atoms with Gasteiger partial charge in [0.25, 0.3) is 0 Å². The average Bonchev–Trinajstić information content (AvgIpc) is 3.38. The lowest BCUT2D eigenvalue weighted by Gasteiger charge is -2.34. The lowest BCUT2D eigenvalue weighted by Crippen LogP contribution is -2.39. The van der Waals surface area contributed by atoms with Crippen molar-refractivity contribution in [3.05, 3.63) is 48.0 Å². The minimum absolute atomic E-state index is 0.457. The number of aliphatic carboxylic acids is 3. The molecule has 3 heterocycles. The molecule has 0 aromatic carbocycles. The molecule has 1 aliphatic rings. The van der Waals surface area contributed by atoms with Gasteiger partial charge in [0.2, 0.25) is 0 Å². The summed E-state index contributed by atoms with van der Waals surface area (Å²) < 4.78 is 97.4. The Labute approximate surface area is 244 Å². The van der Waals surface area contributed by atoms with Crippen LogP contribution >= 0.6 is 0 Å². The van der Waals surface area contributed by atoms with Crippen molar-refractivity contribution in [2.24, 2.45) is 0 Å². The number of hydrogen-bond acceptors (Lipinski definition) is 7. The van der Waals surface area contributed by atoms with Crippen LogP contribution in [0.3, 0.4) is 0 Å². The van der Waals surface area contributed by atoms with Gasteiger partial charge in [0.15, 0.2) is 0 Å². The maximum absolute atomic E-state index is 10.6. The molecule has 2 aromatic rings. The fourth-order valence-electron chi connectivity index (χ4n) is 3.39. The van der Waals surface area contributed by atoms with Gasteiger partial charge in [-0.1, -0.05) is 19.9 Å². The van der Waals surface area contributed by atoms with Crippen molar-refractivity contribution in [3.8, 4) is 0 Å². The Balaban J connectivity index is 0.000000721. The van der Waals surface area contributed by atoms with Crippen molar-refractivity contribution in [1.29, 1.82) is 0 Å². The van der Waals surface area contributed by atoms with Gasteiger partial charge in [-0.2, -0.15) is 44.6 Å². The number of nitrogens with zero attached hydrogens (tertiary/aromatic N) is 5. The predicted octanol–water partition coefficient (Wildman–Crippen LogP) is 4.47. The van der Waals surface area contributed by atoms with E-state index in [1.807, 2.05) is 18.5 Å². The van der Waals surface area contributed by atoms with E-state index in [4.69, 9.17) is 29.7 Å². The summed E-state index contributed by atoms with van der Waals surface area (Å²) in [5.74, 6) is -8.27. The van der Waals surface area contributed by atoms with Crippen LogP contribution in [0.4, 0.5) is 39.5 Å². The Kier molecular flexibility index (Phi) is 16.4. The summed E-state index contributed by atoms with van der Waals surface area (Å²) in [7, 11) is 0. The molecule has 0 saturated carbocycles. The normalized spacial score (nSPS) is 15.0. The molecular formula is C24H30F9N5O6. The maximum Gasteiger partial charge on any atom is 0.490 e. The molecule has 11 nitrogen and oxygen atoms in total. The van der Waals surface area contributed by atoms with E-state index in [0.717, 1.165) is 51.4 Å². The van der Waals surface area contributed by atoms with Crippen molar-refractivity contribution in [2.75, 3.05) is 26.2 Å².